The molecule has 0 spiro atoms. The molecule has 1 N–H and O–H groups in total. The number of anilines is 1. The Kier molecular flexibility index (Phi) is 4.64. The minimum atomic E-state index is -0.121. The van der Waals surface area contributed by atoms with Gasteiger partial charge in [-0.3, -0.25) is 9.69 Å². The van der Waals surface area contributed by atoms with Gasteiger partial charge >= 0.3 is 0 Å². The van der Waals surface area contributed by atoms with Crippen molar-refractivity contribution in [2.45, 2.75) is 25.9 Å². The molecule has 0 aliphatic carbocycles. The fourth-order valence-electron chi connectivity index (χ4n) is 3.11. The number of fused-ring (bicyclic) bond motifs is 1. The maximum atomic E-state index is 12.3. The molecule has 0 atom stereocenters. The lowest BCUT2D eigenvalue weighted by atomic mass is 10.1. The summed E-state index contributed by atoms with van der Waals surface area (Å²) in [5, 5.41) is 5.27. The van der Waals surface area contributed by atoms with Gasteiger partial charge in [0.1, 0.15) is 0 Å². The average molecular weight is 312 g/mol. The van der Waals surface area contributed by atoms with Crippen molar-refractivity contribution in [3.63, 3.8) is 0 Å². The van der Waals surface area contributed by atoms with Gasteiger partial charge < -0.3 is 10.1 Å². The van der Waals surface area contributed by atoms with E-state index in [0.717, 1.165) is 42.7 Å². The average Bonchev–Trinajstić information content (AvgIpc) is 2.52. The van der Waals surface area contributed by atoms with E-state index in [1.807, 2.05) is 30.3 Å². The van der Waals surface area contributed by atoms with Crippen molar-refractivity contribution in [2.24, 2.45) is 0 Å². The normalized spacial score (nSPS) is 18.0. The first-order chi connectivity index (χ1) is 11.0. The zero-order valence-corrected chi connectivity index (χ0v) is 13.8. The molecule has 122 valence electrons. The largest absolute Gasteiger partial charge is 0.373 e. The van der Waals surface area contributed by atoms with Crippen molar-refractivity contribution in [1.29, 1.82) is 0 Å². The molecule has 2 aromatic rings. The zero-order valence-electron chi connectivity index (χ0n) is 13.8. The molecule has 3 rings (SSSR count). The van der Waals surface area contributed by atoms with Crippen LogP contribution in [0.2, 0.25) is 0 Å². The summed E-state index contributed by atoms with van der Waals surface area (Å²) in [4.78, 5) is 14.6. The highest BCUT2D eigenvalue weighted by atomic mass is 16.5. The molecule has 0 radical (unpaired) electrons. The van der Waals surface area contributed by atoms with Gasteiger partial charge in [0.05, 0.1) is 12.2 Å². The van der Waals surface area contributed by atoms with Gasteiger partial charge in [0.15, 0.2) is 0 Å². The number of rotatable bonds is 4. The van der Waals surface area contributed by atoms with E-state index in [-0.39, 0.29) is 11.5 Å². The highest BCUT2D eigenvalue weighted by molar-refractivity contribution is 6.02. The van der Waals surface area contributed by atoms with Gasteiger partial charge in [0.2, 0.25) is 5.91 Å². The van der Waals surface area contributed by atoms with Crippen LogP contribution < -0.4 is 5.32 Å². The number of carbonyl (C=O) groups excluding carboxylic acids is 1. The summed E-state index contributed by atoms with van der Waals surface area (Å²) in [5.74, 6) is 0.0608. The summed E-state index contributed by atoms with van der Waals surface area (Å²) in [6.07, 6.45) is 0.499. The van der Waals surface area contributed by atoms with Crippen LogP contribution in [0.4, 0.5) is 5.69 Å². The van der Waals surface area contributed by atoms with E-state index < -0.39 is 0 Å². The third-order valence-corrected chi connectivity index (χ3v) is 4.22. The van der Waals surface area contributed by atoms with E-state index in [9.17, 15) is 4.79 Å². The molecule has 1 aliphatic rings. The first-order valence-corrected chi connectivity index (χ1v) is 8.17. The quantitative estimate of drug-likeness (QED) is 0.942. The second kappa shape index (κ2) is 6.69. The van der Waals surface area contributed by atoms with Gasteiger partial charge in [0, 0.05) is 37.1 Å². The van der Waals surface area contributed by atoms with Crippen LogP contribution in [0.3, 0.4) is 0 Å². The maximum Gasteiger partial charge on any atom is 0.225 e. The van der Waals surface area contributed by atoms with Crippen LogP contribution in [0, 0.1) is 0 Å². The molecule has 0 unspecified atom stereocenters. The fourth-order valence-corrected chi connectivity index (χ4v) is 3.11. The number of carbonyl (C=O) groups is 1. The van der Waals surface area contributed by atoms with E-state index in [1.165, 1.54) is 0 Å². The van der Waals surface area contributed by atoms with E-state index >= 15 is 0 Å². The standard InChI is InChI=1S/C19H24N2O2/c1-19(2)14-21(12-13-23-19)11-10-18(22)20-17-9-5-7-15-6-3-4-8-16(15)17/h3-9H,10-14H2,1-2H3,(H,20,22). The highest BCUT2D eigenvalue weighted by Gasteiger charge is 2.27. The van der Waals surface area contributed by atoms with Crippen LogP contribution in [-0.2, 0) is 9.53 Å². The van der Waals surface area contributed by atoms with Crippen LogP contribution in [-0.4, -0.2) is 42.6 Å². The molecule has 0 bridgehead atoms. The monoisotopic (exact) mass is 312 g/mol. The number of hydrogen-bond donors (Lipinski definition) is 1. The molecule has 4 heteroatoms. The third kappa shape index (κ3) is 4.09. The van der Waals surface area contributed by atoms with E-state index in [0.29, 0.717) is 6.42 Å². The Morgan fingerprint density at radius 2 is 2.00 bits per heavy atom. The first kappa shape index (κ1) is 16.0. The Balaban J connectivity index is 1.59. The molecule has 1 saturated heterocycles. The lowest BCUT2D eigenvalue weighted by Crippen LogP contribution is -2.48. The minimum absolute atomic E-state index is 0.0608. The number of nitrogens with zero attached hydrogens (tertiary/aromatic N) is 1. The number of benzene rings is 2. The minimum Gasteiger partial charge on any atom is -0.373 e. The Morgan fingerprint density at radius 3 is 2.83 bits per heavy atom. The van der Waals surface area contributed by atoms with Gasteiger partial charge in [0.25, 0.3) is 0 Å². The third-order valence-electron chi connectivity index (χ3n) is 4.22. The molecule has 2 aromatic carbocycles. The lowest BCUT2D eigenvalue weighted by molar-refractivity contribution is -0.118. The number of ether oxygens (including phenoxy) is 1. The zero-order chi connectivity index (χ0) is 16.3. The Bertz CT molecular complexity index is 691. The van der Waals surface area contributed by atoms with Gasteiger partial charge in [-0.15, -0.1) is 0 Å². The SMILES string of the molecule is CC1(C)CN(CCC(=O)Nc2cccc3ccccc23)CCO1. The lowest BCUT2D eigenvalue weighted by Gasteiger charge is -2.38. The summed E-state index contributed by atoms with van der Waals surface area (Å²) >= 11 is 0. The number of amides is 1. The van der Waals surface area contributed by atoms with Crippen LogP contribution in [0.5, 0.6) is 0 Å². The molecule has 1 amide bonds. The van der Waals surface area contributed by atoms with Crippen LogP contribution in [0.15, 0.2) is 42.5 Å². The van der Waals surface area contributed by atoms with Crippen molar-refractivity contribution >= 4 is 22.4 Å². The summed E-state index contributed by atoms with van der Waals surface area (Å²) in [5.41, 5.74) is 0.764. The molecule has 23 heavy (non-hydrogen) atoms. The van der Waals surface area contributed by atoms with Crippen molar-refractivity contribution < 1.29 is 9.53 Å². The fraction of sp³-hybridized carbons (Fsp3) is 0.421. The highest BCUT2D eigenvalue weighted by Crippen LogP contribution is 2.23. The van der Waals surface area contributed by atoms with Gasteiger partial charge in [-0.2, -0.15) is 0 Å². The summed E-state index contributed by atoms with van der Waals surface area (Å²) < 4.78 is 5.70. The molecular weight excluding hydrogens is 288 g/mol. The van der Waals surface area contributed by atoms with E-state index in [1.54, 1.807) is 0 Å². The second-order valence-corrected chi connectivity index (χ2v) is 6.71. The molecule has 1 aliphatic heterocycles. The molecule has 1 heterocycles. The van der Waals surface area contributed by atoms with Crippen LogP contribution >= 0.6 is 0 Å². The predicted molar refractivity (Wildman–Crippen MR) is 93.7 cm³/mol. The van der Waals surface area contributed by atoms with E-state index in [4.69, 9.17) is 4.74 Å². The second-order valence-electron chi connectivity index (χ2n) is 6.71. The molecule has 0 aromatic heterocycles. The topological polar surface area (TPSA) is 41.6 Å². The van der Waals surface area contributed by atoms with Gasteiger partial charge in [-0.05, 0) is 25.3 Å². The van der Waals surface area contributed by atoms with Crippen LogP contribution in [0.1, 0.15) is 20.3 Å². The maximum absolute atomic E-state index is 12.3. The van der Waals surface area contributed by atoms with E-state index in [2.05, 4.69) is 36.2 Å². The smallest absolute Gasteiger partial charge is 0.225 e. The summed E-state index contributed by atoms with van der Waals surface area (Å²) in [6.45, 7) is 7.45. The summed E-state index contributed by atoms with van der Waals surface area (Å²) in [6, 6.07) is 14.1. The van der Waals surface area contributed by atoms with Gasteiger partial charge in [-0.1, -0.05) is 36.4 Å². The van der Waals surface area contributed by atoms with Crippen molar-refractivity contribution in [3.8, 4) is 0 Å². The molecular formula is C19H24N2O2. The van der Waals surface area contributed by atoms with Crippen LogP contribution in [0.25, 0.3) is 10.8 Å². The number of morpholine rings is 1. The Labute approximate surface area is 137 Å². The number of nitrogens with one attached hydrogen (secondary N) is 1. The first-order valence-electron chi connectivity index (χ1n) is 8.17. The van der Waals surface area contributed by atoms with Crippen molar-refractivity contribution in [2.75, 3.05) is 31.6 Å². The molecule has 4 nitrogen and oxygen atoms in total. The van der Waals surface area contributed by atoms with Gasteiger partial charge in [-0.25, -0.2) is 0 Å². The molecule has 0 saturated carbocycles. The summed E-state index contributed by atoms with van der Waals surface area (Å²) in [7, 11) is 0. The Morgan fingerprint density at radius 1 is 1.22 bits per heavy atom. The van der Waals surface area contributed by atoms with Crippen molar-refractivity contribution in [3.05, 3.63) is 42.5 Å². The predicted octanol–water partition coefficient (Wildman–Crippen LogP) is 3.28. The van der Waals surface area contributed by atoms with Crippen molar-refractivity contribution in [1.82, 2.24) is 4.90 Å². The molecule has 1 fully saturated rings. The number of hydrogen-bond acceptors (Lipinski definition) is 3. The Hall–Kier alpha value is -1.91.